The Balaban J connectivity index is 2.49. The van der Waals surface area contributed by atoms with Crippen LogP contribution in [-0.4, -0.2) is 5.75 Å². The number of hydrogen-bond acceptors (Lipinski definition) is 1. The van der Waals surface area contributed by atoms with Crippen molar-refractivity contribution in [1.82, 2.24) is 0 Å². The molecule has 0 fully saturated rings. The maximum absolute atomic E-state index is 2.40. The normalized spacial score (nSPS) is 19.1. The van der Waals surface area contributed by atoms with E-state index >= 15 is 0 Å². The molecule has 0 N–H and O–H groups in total. The van der Waals surface area contributed by atoms with Gasteiger partial charge in [-0.1, -0.05) is 32.9 Å². The first kappa shape index (κ1) is 10.1. The van der Waals surface area contributed by atoms with Crippen LogP contribution in [0.25, 0.3) is 0 Å². The minimum atomic E-state index is 0.381. The molecule has 0 radical (unpaired) electrons. The molecule has 1 heteroatoms. The molecule has 0 nitrogen and oxygen atoms in total. The van der Waals surface area contributed by atoms with Gasteiger partial charge < -0.3 is 0 Å². The van der Waals surface area contributed by atoms with Crippen LogP contribution >= 0.6 is 11.8 Å². The van der Waals surface area contributed by atoms with E-state index in [9.17, 15) is 0 Å². The van der Waals surface area contributed by atoms with E-state index in [1.165, 1.54) is 22.6 Å². The van der Waals surface area contributed by atoms with Crippen LogP contribution in [0.5, 0.6) is 0 Å². The van der Waals surface area contributed by atoms with Crippen LogP contribution in [-0.2, 0) is 11.8 Å². The van der Waals surface area contributed by atoms with E-state index in [-0.39, 0.29) is 0 Å². The van der Waals surface area contributed by atoms with Crippen molar-refractivity contribution < 1.29 is 0 Å². The van der Waals surface area contributed by atoms with Gasteiger partial charge >= 0.3 is 0 Å². The van der Waals surface area contributed by atoms with Gasteiger partial charge in [-0.2, -0.15) is 0 Å². The van der Waals surface area contributed by atoms with Gasteiger partial charge in [-0.3, -0.25) is 0 Å². The van der Waals surface area contributed by atoms with E-state index in [0.29, 0.717) is 5.41 Å². The Hall–Kier alpha value is -0.430. The van der Waals surface area contributed by atoms with Crippen molar-refractivity contribution in [2.45, 2.75) is 43.9 Å². The Morgan fingerprint density at radius 3 is 2.86 bits per heavy atom. The Morgan fingerprint density at radius 1 is 1.36 bits per heavy atom. The molecular formula is C13H18S. The standard InChI is InChI=1S/C13H18S/c1-4-10-5-6-12-11(9-10)13(2,3)7-8-14-12/h5-6,9H,4,7-8H2,1-3H3. The molecule has 1 aliphatic rings. The minimum Gasteiger partial charge on any atom is -0.126 e. The summed E-state index contributed by atoms with van der Waals surface area (Å²) in [6.07, 6.45) is 2.45. The van der Waals surface area contributed by atoms with E-state index in [1.807, 2.05) is 11.8 Å². The summed E-state index contributed by atoms with van der Waals surface area (Å²) >= 11 is 2.01. The average molecular weight is 206 g/mol. The fraction of sp³-hybridized carbons (Fsp3) is 0.538. The second-order valence-electron chi connectivity index (χ2n) is 4.67. The number of rotatable bonds is 1. The molecule has 0 atom stereocenters. The Labute approximate surface area is 91.1 Å². The topological polar surface area (TPSA) is 0 Å². The summed E-state index contributed by atoms with van der Waals surface area (Å²) in [4.78, 5) is 1.50. The molecule has 0 aromatic heterocycles. The molecule has 76 valence electrons. The first-order chi connectivity index (χ1) is 6.63. The third-order valence-electron chi connectivity index (χ3n) is 3.17. The highest BCUT2D eigenvalue weighted by Crippen LogP contribution is 2.41. The molecule has 1 aromatic carbocycles. The molecule has 0 aliphatic carbocycles. The largest absolute Gasteiger partial charge is 0.126 e. The molecule has 1 aromatic rings. The first-order valence-corrected chi connectivity index (χ1v) is 6.38. The number of aryl methyl sites for hydroxylation is 1. The Kier molecular flexibility index (Phi) is 2.61. The first-order valence-electron chi connectivity index (χ1n) is 5.40. The summed E-state index contributed by atoms with van der Waals surface area (Å²) in [6, 6.07) is 6.98. The van der Waals surface area contributed by atoms with E-state index in [4.69, 9.17) is 0 Å². The lowest BCUT2D eigenvalue weighted by Gasteiger charge is -2.32. The predicted octanol–water partition coefficient (Wildman–Crippen LogP) is 4.02. The molecule has 0 bridgehead atoms. The number of benzene rings is 1. The maximum atomic E-state index is 2.40. The Morgan fingerprint density at radius 2 is 2.14 bits per heavy atom. The molecule has 0 spiro atoms. The van der Waals surface area contributed by atoms with Gasteiger partial charge in [0.05, 0.1) is 0 Å². The lowest BCUT2D eigenvalue weighted by Crippen LogP contribution is -2.22. The molecule has 0 unspecified atom stereocenters. The lowest BCUT2D eigenvalue weighted by molar-refractivity contribution is 0.493. The molecule has 2 rings (SSSR count). The maximum Gasteiger partial charge on any atom is 0.0110 e. The minimum absolute atomic E-state index is 0.381. The highest BCUT2D eigenvalue weighted by Gasteiger charge is 2.27. The summed E-state index contributed by atoms with van der Waals surface area (Å²) < 4.78 is 0. The number of hydrogen-bond donors (Lipinski definition) is 0. The van der Waals surface area contributed by atoms with Crippen molar-refractivity contribution in [3.8, 4) is 0 Å². The van der Waals surface area contributed by atoms with Gasteiger partial charge in [-0.05, 0) is 41.2 Å². The van der Waals surface area contributed by atoms with Gasteiger partial charge in [0.2, 0.25) is 0 Å². The van der Waals surface area contributed by atoms with Crippen molar-refractivity contribution in [3.05, 3.63) is 29.3 Å². The SMILES string of the molecule is CCc1ccc2c(c1)C(C)(C)CCS2. The van der Waals surface area contributed by atoms with Gasteiger partial charge in [0, 0.05) is 4.90 Å². The highest BCUT2D eigenvalue weighted by molar-refractivity contribution is 7.99. The van der Waals surface area contributed by atoms with Gasteiger partial charge in [0.15, 0.2) is 0 Å². The van der Waals surface area contributed by atoms with Crippen molar-refractivity contribution in [3.63, 3.8) is 0 Å². The van der Waals surface area contributed by atoms with Crippen LogP contribution in [0, 0.1) is 0 Å². The van der Waals surface area contributed by atoms with Crippen LogP contribution in [0.4, 0.5) is 0 Å². The van der Waals surface area contributed by atoms with Crippen molar-refractivity contribution >= 4 is 11.8 Å². The monoisotopic (exact) mass is 206 g/mol. The number of thioether (sulfide) groups is 1. The molecule has 1 aliphatic heterocycles. The number of fused-ring (bicyclic) bond motifs is 1. The second-order valence-corrected chi connectivity index (χ2v) is 5.80. The Bertz CT molecular complexity index is 339. The molecule has 0 saturated carbocycles. The van der Waals surface area contributed by atoms with E-state index < -0.39 is 0 Å². The summed E-state index contributed by atoms with van der Waals surface area (Å²) in [5.74, 6) is 1.27. The lowest BCUT2D eigenvalue weighted by atomic mass is 9.81. The van der Waals surface area contributed by atoms with Gasteiger partial charge in [-0.25, -0.2) is 0 Å². The van der Waals surface area contributed by atoms with Crippen molar-refractivity contribution in [2.75, 3.05) is 5.75 Å². The second kappa shape index (κ2) is 3.62. The molecule has 14 heavy (non-hydrogen) atoms. The zero-order valence-electron chi connectivity index (χ0n) is 9.26. The van der Waals surface area contributed by atoms with Crippen molar-refractivity contribution in [2.24, 2.45) is 0 Å². The molecule has 0 amide bonds. The summed E-state index contributed by atoms with van der Waals surface area (Å²) in [5, 5.41) is 0. The quantitative estimate of drug-likeness (QED) is 0.668. The van der Waals surface area contributed by atoms with Crippen LogP contribution in [0.2, 0.25) is 0 Å². The third-order valence-corrected chi connectivity index (χ3v) is 4.24. The zero-order chi connectivity index (χ0) is 10.2. The van der Waals surface area contributed by atoms with Crippen LogP contribution < -0.4 is 0 Å². The molecular weight excluding hydrogens is 188 g/mol. The molecule has 0 saturated heterocycles. The zero-order valence-corrected chi connectivity index (χ0v) is 10.1. The fourth-order valence-corrected chi connectivity index (χ4v) is 3.49. The van der Waals surface area contributed by atoms with E-state index in [2.05, 4.69) is 39.0 Å². The summed E-state index contributed by atoms with van der Waals surface area (Å²) in [5.41, 5.74) is 3.42. The van der Waals surface area contributed by atoms with E-state index in [0.717, 1.165) is 6.42 Å². The summed E-state index contributed by atoms with van der Waals surface area (Å²) in [7, 11) is 0. The van der Waals surface area contributed by atoms with Gasteiger partial charge in [0.25, 0.3) is 0 Å². The van der Waals surface area contributed by atoms with Crippen LogP contribution in [0.3, 0.4) is 0 Å². The molecule has 1 heterocycles. The van der Waals surface area contributed by atoms with Gasteiger partial charge in [0.1, 0.15) is 0 Å². The van der Waals surface area contributed by atoms with Crippen LogP contribution in [0.15, 0.2) is 23.1 Å². The van der Waals surface area contributed by atoms with Crippen LogP contribution in [0.1, 0.15) is 38.3 Å². The van der Waals surface area contributed by atoms with Gasteiger partial charge in [-0.15, -0.1) is 11.8 Å². The summed E-state index contributed by atoms with van der Waals surface area (Å²) in [6.45, 7) is 6.96. The fourth-order valence-electron chi connectivity index (χ4n) is 2.00. The third kappa shape index (κ3) is 1.70. The predicted molar refractivity (Wildman–Crippen MR) is 64.2 cm³/mol. The van der Waals surface area contributed by atoms with E-state index in [1.54, 1.807) is 5.56 Å². The average Bonchev–Trinajstić information content (AvgIpc) is 2.17. The highest BCUT2D eigenvalue weighted by atomic mass is 32.2. The van der Waals surface area contributed by atoms with Crippen molar-refractivity contribution in [1.29, 1.82) is 0 Å². The smallest absolute Gasteiger partial charge is 0.0110 e.